The second kappa shape index (κ2) is 15.0. The highest BCUT2D eigenvalue weighted by Crippen LogP contribution is 2.34. The molecule has 3 atom stereocenters. The quantitative estimate of drug-likeness (QED) is 0.252. The Morgan fingerprint density at radius 3 is 2.52 bits per heavy atom. The number of aliphatic hydroxyl groups excluding tert-OH is 1. The van der Waals surface area contributed by atoms with Gasteiger partial charge in [0, 0.05) is 38.1 Å². The van der Waals surface area contributed by atoms with Crippen LogP contribution in [0, 0.1) is 0 Å². The second-order valence-corrected chi connectivity index (χ2v) is 10.5. The minimum Gasteiger partial charge on any atom is -0.497 e. The van der Waals surface area contributed by atoms with E-state index in [9.17, 15) is 14.7 Å². The van der Waals surface area contributed by atoms with Gasteiger partial charge in [-0.05, 0) is 74.2 Å². The van der Waals surface area contributed by atoms with E-state index in [1.807, 2.05) is 12.1 Å². The van der Waals surface area contributed by atoms with Gasteiger partial charge in [0.2, 0.25) is 5.91 Å². The molecule has 0 aliphatic carbocycles. The van der Waals surface area contributed by atoms with Gasteiger partial charge in [-0.1, -0.05) is 12.5 Å². The number of benzene rings is 2. The summed E-state index contributed by atoms with van der Waals surface area (Å²) < 4.78 is 21.9. The maximum Gasteiger partial charge on any atom is 0.220 e. The van der Waals surface area contributed by atoms with Gasteiger partial charge >= 0.3 is 0 Å². The summed E-state index contributed by atoms with van der Waals surface area (Å²) in [5, 5.41) is 14.5. The standard InChI is InChI=1S/C31H42N2O7/c1-37-21-24-7-6-16-33(24)20-26(31(36)23-12-15-28-29(19-23)40-18-17-39-28)32-30(35)9-5-3-4-8-27(34)22-10-13-25(38-2)14-11-22/h10-15,19,24,26,31,36H,3-9,16-18,20-21H2,1-2H3,(H,32,35)/t24-,26-,31+/m1/s1. The van der Waals surface area contributed by atoms with Gasteiger partial charge in [0.1, 0.15) is 25.1 Å². The van der Waals surface area contributed by atoms with Gasteiger partial charge in [0.05, 0.1) is 19.8 Å². The van der Waals surface area contributed by atoms with Gasteiger partial charge in [-0.15, -0.1) is 0 Å². The molecule has 2 aliphatic heterocycles. The lowest BCUT2D eigenvalue weighted by atomic mass is 10.00. The number of likely N-dealkylation sites (tertiary alicyclic amines) is 1. The van der Waals surface area contributed by atoms with Gasteiger partial charge in [0.25, 0.3) is 0 Å². The third-order valence-corrected chi connectivity index (χ3v) is 7.64. The molecular formula is C31H42N2O7. The normalized spacial score (nSPS) is 18.2. The number of fused-ring (bicyclic) bond motifs is 1. The number of carbonyl (C=O) groups excluding carboxylic acids is 2. The van der Waals surface area contributed by atoms with Gasteiger partial charge < -0.3 is 29.4 Å². The lowest BCUT2D eigenvalue weighted by Crippen LogP contribution is -2.49. The molecule has 9 nitrogen and oxygen atoms in total. The third-order valence-electron chi connectivity index (χ3n) is 7.64. The lowest BCUT2D eigenvalue weighted by molar-refractivity contribution is -0.123. The molecule has 2 aromatic rings. The number of amides is 1. The molecule has 218 valence electrons. The second-order valence-electron chi connectivity index (χ2n) is 10.5. The molecule has 1 saturated heterocycles. The van der Waals surface area contributed by atoms with Gasteiger partial charge in [0.15, 0.2) is 17.3 Å². The minimum atomic E-state index is -0.911. The topological polar surface area (TPSA) is 107 Å². The average Bonchev–Trinajstić information content (AvgIpc) is 3.42. The molecule has 0 aromatic heterocycles. The third kappa shape index (κ3) is 8.19. The van der Waals surface area contributed by atoms with Crippen LogP contribution in [0.3, 0.4) is 0 Å². The van der Waals surface area contributed by atoms with E-state index in [0.717, 1.165) is 31.6 Å². The van der Waals surface area contributed by atoms with E-state index in [0.29, 0.717) is 74.7 Å². The Morgan fingerprint density at radius 1 is 1.02 bits per heavy atom. The van der Waals surface area contributed by atoms with Crippen molar-refractivity contribution in [1.82, 2.24) is 10.2 Å². The SMILES string of the molecule is COC[C@H]1CCCN1C[C@@H](NC(=O)CCCCCC(=O)c1ccc(OC)cc1)[C@@H](O)c1ccc2c(c1)OCCO2. The Kier molecular flexibility index (Phi) is 11.2. The molecule has 0 radical (unpaired) electrons. The van der Waals surface area contributed by atoms with Gasteiger partial charge in [-0.2, -0.15) is 0 Å². The first-order valence-electron chi connectivity index (χ1n) is 14.3. The highest BCUT2D eigenvalue weighted by atomic mass is 16.6. The maximum absolute atomic E-state index is 13.0. The molecule has 1 amide bonds. The summed E-state index contributed by atoms with van der Waals surface area (Å²) in [6.07, 6.45) is 4.11. The number of Topliss-reactive ketones (excluding diaryl/α,β-unsaturated/α-hetero) is 1. The maximum atomic E-state index is 13.0. The molecule has 2 aliphatic rings. The van der Waals surface area contributed by atoms with E-state index in [4.69, 9.17) is 18.9 Å². The van der Waals surface area contributed by atoms with Crippen molar-refractivity contribution >= 4 is 11.7 Å². The molecule has 2 heterocycles. The molecule has 9 heteroatoms. The van der Waals surface area contributed by atoms with Crippen LogP contribution < -0.4 is 19.5 Å². The molecule has 0 saturated carbocycles. The number of methoxy groups -OCH3 is 2. The summed E-state index contributed by atoms with van der Waals surface area (Å²) in [6, 6.07) is 12.3. The first-order valence-corrected chi connectivity index (χ1v) is 14.3. The lowest BCUT2D eigenvalue weighted by Gasteiger charge is -2.32. The molecule has 40 heavy (non-hydrogen) atoms. The largest absolute Gasteiger partial charge is 0.497 e. The summed E-state index contributed by atoms with van der Waals surface area (Å²) in [5.41, 5.74) is 1.34. The number of hydrogen-bond donors (Lipinski definition) is 2. The number of rotatable bonds is 15. The zero-order valence-electron chi connectivity index (χ0n) is 23.6. The van der Waals surface area contributed by atoms with E-state index < -0.39 is 12.1 Å². The van der Waals surface area contributed by atoms with Crippen molar-refractivity contribution in [2.24, 2.45) is 0 Å². The number of nitrogens with one attached hydrogen (secondary N) is 1. The molecule has 1 fully saturated rings. The zero-order chi connectivity index (χ0) is 28.3. The molecule has 4 rings (SSSR count). The van der Waals surface area contributed by atoms with Crippen LogP contribution in [-0.2, 0) is 9.53 Å². The van der Waals surface area contributed by atoms with E-state index in [-0.39, 0.29) is 17.7 Å². The van der Waals surface area contributed by atoms with Crippen molar-refractivity contribution in [3.63, 3.8) is 0 Å². The summed E-state index contributed by atoms with van der Waals surface area (Å²) in [7, 11) is 3.29. The van der Waals surface area contributed by atoms with E-state index >= 15 is 0 Å². The van der Waals surface area contributed by atoms with Crippen LogP contribution in [0.4, 0.5) is 0 Å². The minimum absolute atomic E-state index is 0.0888. The van der Waals surface area contributed by atoms with Crippen LogP contribution in [0.1, 0.15) is 67.0 Å². The van der Waals surface area contributed by atoms with E-state index in [1.54, 1.807) is 44.6 Å². The fourth-order valence-corrected chi connectivity index (χ4v) is 5.42. The number of ether oxygens (including phenoxy) is 4. The first kappa shape index (κ1) is 29.8. The number of carbonyl (C=O) groups is 2. The zero-order valence-corrected chi connectivity index (χ0v) is 23.6. The Bertz CT molecular complexity index is 1110. The predicted octanol–water partition coefficient (Wildman–Crippen LogP) is 3.93. The molecule has 2 N–H and O–H groups in total. The number of ketones is 1. The Hall–Kier alpha value is -3.14. The van der Waals surface area contributed by atoms with Gasteiger partial charge in [-0.25, -0.2) is 0 Å². The van der Waals surface area contributed by atoms with Crippen LogP contribution in [0.5, 0.6) is 17.2 Å². The van der Waals surface area contributed by atoms with Crippen molar-refractivity contribution in [1.29, 1.82) is 0 Å². The number of unbranched alkanes of at least 4 members (excludes halogenated alkanes) is 2. The molecule has 0 bridgehead atoms. The predicted molar refractivity (Wildman–Crippen MR) is 151 cm³/mol. The summed E-state index contributed by atoms with van der Waals surface area (Å²) in [5.74, 6) is 1.97. The van der Waals surface area contributed by atoms with Crippen molar-refractivity contribution in [3.8, 4) is 17.2 Å². The first-order chi connectivity index (χ1) is 19.5. The van der Waals surface area contributed by atoms with Gasteiger partial charge in [-0.3, -0.25) is 14.5 Å². The molecule has 2 aromatic carbocycles. The fourth-order valence-electron chi connectivity index (χ4n) is 5.42. The van der Waals surface area contributed by atoms with Crippen LogP contribution in [0.25, 0.3) is 0 Å². The highest BCUT2D eigenvalue weighted by molar-refractivity contribution is 5.96. The molecule has 0 unspecified atom stereocenters. The van der Waals surface area contributed by atoms with Crippen molar-refractivity contribution < 1.29 is 33.6 Å². The van der Waals surface area contributed by atoms with E-state index in [2.05, 4.69) is 10.2 Å². The Labute approximate surface area is 236 Å². The number of aliphatic hydroxyl groups is 1. The van der Waals surface area contributed by atoms with Crippen molar-refractivity contribution in [2.45, 2.75) is 63.1 Å². The number of hydrogen-bond acceptors (Lipinski definition) is 8. The van der Waals surface area contributed by atoms with Crippen LogP contribution in [0.2, 0.25) is 0 Å². The summed E-state index contributed by atoms with van der Waals surface area (Å²) in [4.78, 5) is 27.7. The highest BCUT2D eigenvalue weighted by Gasteiger charge is 2.31. The molecule has 0 spiro atoms. The smallest absolute Gasteiger partial charge is 0.220 e. The Morgan fingerprint density at radius 2 is 1.77 bits per heavy atom. The average molecular weight is 555 g/mol. The molecular weight excluding hydrogens is 512 g/mol. The van der Waals surface area contributed by atoms with Crippen LogP contribution in [0.15, 0.2) is 42.5 Å². The van der Waals surface area contributed by atoms with Crippen LogP contribution >= 0.6 is 0 Å². The van der Waals surface area contributed by atoms with E-state index in [1.165, 1.54) is 0 Å². The van der Waals surface area contributed by atoms with Crippen molar-refractivity contribution in [3.05, 3.63) is 53.6 Å². The Balaban J connectivity index is 1.30. The van der Waals surface area contributed by atoms with Crippen molar-refractivity contribution in [2.75, 3.05) is 47.1 Å². The van der Waals surface area contributed by atoms with Crippen LogP contribution in [-0.4, -0.2) is 80.9 Å². The summed E-state index contributed by atoms with van der Waals surface area (Å²) in [6.45, 7) is 3.00. The summed E-state index contributed by atoms with van der Waals surface area (Å²) >= 11 is 0. The fraction of sp³-hybridized carbons (Fsp3) is 0.548. The monoisotopic (exact) mass is 554 g/mol. The number of nitrogens with zero attached hydrogens (tertiary/aromatic N) is 1.